The second-order valence-corrected chi connectivity index (χ2v) is 6.91. The molecule has 162 valence electrons. The average Bonchev–Trinajstić information content (AvgIpc) is 3.13. The standard InChI is InChI=1S/C25H21NO6/c1-29-17-9-7-16(8-10-17)13-23-25(28)19-12-11-18(14-22(19)32-23)31-15-24(27)26-20-5-3-4-6-21(20)30-2/h3-14H,15H2,1-2H3,(H,26,27). The number of nitrogens with one attached hydrogen (secondary N) is 1. The molecule has 0 aliphatic carbocycles. The van der Waals surface area contributed by atoms with E-state index in [1.54, 1.807) is 61.7 Å². The highest BCUT2D eigenvalue weighted by molar-refractivity contribution is 6.14. The highest BCUT2D eigenvalue weighted by Crippen LogP contribution is 2.35. The van der Waals surface area contributed by atoms with Crippen LogP contribution >= 0.6 is 0 Å². The summed E-state index contributed by atoms with van der Waals surface area (Å²) in [4.78, 5) is 24.9. The Kier molecular flexibility index (Phi) is 6.07. The van der Waals surface area contributed by atoms with Gasteiger partial charge in [-0.2, -0.15) is 0 Å². The predicted molar refractivity (Wildman–Crippen MR) is 119 cm³/mol. The number of methoxy groups -OCH3 is 2. The second kappa shape index (κ2) is 9.26. The van der Waals surface area contributed by atoms with E-state index in [2.05, 4.69) is 5.32 Å². The van der Waals surface area contributed by atoms with E-state index in [0.717, 1.165) is 11.3 Å². The van der Waals surface area contributed by atoms with E-state index < -0.39 is 0 Å². The normalized spacial score (nSPS) is 13.3. The van der Waals surface area contributed by atoms with Crippen molar-refractivity contribution in [1.82, 2.24) is 0 Å². The highest BCUT2D eigenvalue weighted by atomic mass is 16.5. The number of fused-ring (bicyclic) bond motifs is 1. The van der Waals surface area contributed by atoms with Gasteiger partial charge in [-0.15, -0.1) is 0 Å². The number of hydrogen-bond acceptors (Lipinski definition) is 6. The molecule has 3 aromatic carbocycles. The Hall–Kier alpha value is -4.26. The van der Waals surface area contributed by atoms with Gasteiger partial charge in [-0.05, 0) is 48.0 Å². The number of anilines is 1. The molecule has 7 nitrogen and oxygen atoms in total. The van der Waals surface area contributed by atoms with Crippen molar-refractivity contribution >= 4 is 23.5 Å². The van der Waals surface area contributed by atoms with Crippen LogP contribution in [0.1, 0.15) is 15.9 Å². The summed E-state index contributed by atoms with van der Waals surface area (Å²) in [6.07, 6.45) is 1.67. The maximum Gasteiger partial charge on any atom is 0.262 e. The predicted octanol–water partition coefficient (Wildman–Crippen LogP) is 4.34. The van der Waals surface area contributed by atoms with Crippen LogP contribution in [-0.4, -0.2) is 32.5 Å². The fourth-order valence-corrected chi connectivity index (χ4v) is 3.19. The molecule has 0 bridgehead atoms. The Labute approximate surface area is 185 Å². The van der Waals surface area contributed by atoms with Crippen molar-refractivity contribution in [3.05, 3.63) is 83.6 Å². The largest absolute Gasteiger partial charge is 0.497 e. The zero-order valence-electron chi connectivity index (χ0n) is 17.6. The minimum Gasteiger partial charge on any atom is -0.497 e. The molecule has 0 radical (unpaired) electrons. The monoisotopic (exact) mass is 431 g/mol. The van der Waals surface area contributed by atoms with Gasteiger partial charge in [0.15, 0.2) is 12.4 Å². The van der Waals surface area contributed by atoms with Crippen LogP contribution in [0.25, 0.3) is 6.08 Å². The summed E-state index contributed by atoms with van der Waals surface area (Å²) in [5.74, 6) is 1.75. The molecule has 1 N–H and O–H groups in total. The van der Waals surface area contributed by atoms with Gasteiger partial charge < -0.3 is 24.3 Å². The molecule has 0 unspecified atom stereocenters. The zero-order chi connectivity index (χ0) is 22.5. The van der Waals surface area contributed by atoms with Gasteiger partial charge in [-0.1, -0.05) is 24.3 Å². The topological polar surface area (TPSA) is 83.1 Å². The minimum atomic E-state index is -0.341. The first-order valence-electron chi connectivity index (χ1n) is 9.85. The summed E-state index contributed by atoms with van der Waals surface area (Å²) in [5, 5.41) is 2.74. The molecule has 1 amide bonds. The molecule has 0 spiro atoms. The summed E-state index contributed by atoms with van der Waals surface area (Å²) in [5.41, 5.74) is 1.81. The van der Waals surface area contributed by atoms with Crippen LogP contribution in [0.3, 0.4) is 0 Å². The average molecular weight is 431 g/mol. The van der Waals surface area contributed by atoms with E-state index in [1.165, 1.54) is 7.11 Å². The Morgan fingerprint density at radius 3 is 2.47 bits per heavy atom. The third-order valence-corrected chi connectivity index (χ3v) is 4.81. The fraction of sp³-hybridized carbons (Fsp3) is 0.120. The Bertz CT molecular complexity index is 1180. The fourth-order valence-electron chi connectivity index (χ4n) is 3.19. The lowest BCUT2D eigenvalue weighted by atomic mass is 10.1. The van der Waals surface area contributed by atoms with E-state index in [4.69, 9.17) is 18.9 Å². The SMILES string of the molecule is COc1ccc(C=C2Oc3cc(OCC(=O)Nc4ccccc4OC)ccc3C2=O)cc1. The van der Waals surface area contributed by atoms with Crippen molar-refractivity contribution in [3.63, 3.8) is 0 Å². The summed E-state index contributed by atoms with van der Waals surface area (Å²) < 4.78 is 21.7. The van der Waals surface area contributed by atoms with Crippen LogP contribution in [0.4, 0.5) is 5.69 Å². The molecule has 4 rings (SSSR count). The Morgan fingerprint density at radius 2 is 1.72 bits per heavy atom. The van der Waals surface area contributed by atoms with Gasteiger partial charge in [-0.3, -0.25) is 9.59 Å². The van der Waals surface area contributed by atoms with Crippen LogP contribution in [-0.2, 0) is 4.79 Å². The lowest BCUT2D eigenvalue weighted by molar-refractivity contribution is -0.118. The lowest BCUT2D eigenvalue weighted by Gasteiger charge is -2.11. The number of para-hydroxylation sites is 2. The highest BCUT2D eigenvalue weighted by Gasteiger charge is 2.27. The minimum absolute atomic E-state index is 0.209. The number of Topliss-reactive ketones (excluding diaryl/α,β-unsaturated/α-hetero) is 1. The van der Waals surface area contributed by atoms with Crippen molar-refractivity contribution < 1.29 is 28.5 Å². The van der Waals surface area contributed by atoms with Gasteiger partial charge >= 0.3 is 0 Å². The van der Waals surface area contributed by atoms with Crippen LogP contribution < -0.4 is 24.3 Å². The molecular formula is C25H21NO6. The zero-order valence-corrected chi connectivity index (χ0v) is 17.6. The number of allylic oxidation sites excluding steroid dienone is 1. The number of carbonyl (C=O) groups excluding carboxylic acids is 2. The molecule has 0 atom stereocenters. The maximum absolute atomic E-state index is 12.6. The number of amides is 1. The van der Waals surface area contributed by atoms with Crippen LogP contribution in [0.2, 0.25) is 0 Å². The van der Waals surface area contributed by atoms with Gasteiger partial charge in [0.2, 0.25) is 5.78 Å². The summed E-state index contributed by atoms with van der Waals surface area (Å²) in [6.45, 7) is -0.209. The molecule has 0 aromatic heterocycles. The summed E-state index contributed by atoms with van der Waals surface area (Å²) in [6, 6.07) is 19.2. The molecule has 0 saturated carbocycles. The summed E-state index contributed by atoms with van der Waals surface area (Å²) in [7, 11) is 3.13. The molecule has 1 heterocycles. The van der Waals surface area contributed by atoms with Crippen LogP contribution in [0, 0.1) is 0 Å². The number of ketones is 1. The van der Waals surface area contributed by atoms with Crippen molar-refractivity contribution in [2.45, 2.75) is 0 Å². The molecule has 0 fully saturated rings. The first kappa shape index (κ1) is 21.0. The third kappa shape index (κ3) is 4.57. The van der Waals surface area contributed by atoms with Crippen molar-refractivity contribution in [2.24, 2.45) is 0 Å². The van der Waals surface area contributed by atoms with E-state index in [9.17, 15) is 9.59 Å². The number of rotatable bonds is 7. The quantitative estimate of drug-likeness (QED) is 0.561. The maximum atomic E-state index is 12.6. The molecule has 1 aliphatic heterocycles. The van der Waals surface area contributed by atoms with Gasteiger partial charge in [0.1, 0.15) is 23.0 Å². The molecule has 0 saturated heterocycles. The molecule has 7 heteroatoms. The first-order valence-corrected chi connectivity index (χ1v) is 9.85. The number of ether oxygens (including phenoxy) is 4. The smallest absolute Gasteiger partial charge is 0.262 e. The van der Waals surface area contributed by atoms with Gasteiger partial charge in [0.05, 0.1) is 25.5 Å². The third-order valence-electron chi connectivity index (χ3n) is 4.81. The van der Waals surface area contributed by atoms with E-state index >= 15 is 0 Å². The second-order valence-electron chi connectivity index (χ2n) is 6.91. The molecule has 3 aromatic rings. The van der Waals surface area contributed by atoms with E-state index in [0.29, 0.717) is 28.5 Å². The molecular weight excluding hydrogens is 410 g/mol. The Balaban J connectivity index is 1.41. The van der Waals surface area contributed by atoms with Gasteiger partial charge in [0.25, 0.3) is 5.91 Å². The first-order chi connectivity index (χ1) is 15.6. The van der Waals surface area contributed by atoms with E-state index in [-0.39, 0.29) is 24.1 Å². The number of benzene rings is 3. The van der Waals surface area contributed by atoms with Gasteiger partial charge in [-0.25, -0.2) is 0 Å². The molecule has 32 heavy (non-hydrogen) atoms. The van der Waals surface area contributed by atoms with E-state index in [1.807, 2.05) is 18.2 Å². The molecule has 1 aliphatic rings. The number of carbonyl (C=O) groups is 2. The van der Waals surface area contributed by atoms with Crippen molar-refractivity contribution in [1.29, 1.82) is 0 Å². The van der Waals surface area contributed by atoms with Crippen molar-refractivity contribution in [3.8, 4) is 23.0 Å². The van der Waals surface area contributed by atoms with Crippen LogP contribution in [0.15, 0.2) is 72.5 Å². The van der Waals surface area contributed by atoms with Crippen LogP contribution in [0.5, 0.6) is 23.0 Å². The lowest BCUT2D eigenvalue weighted by Crippen LogP contribution is -2.20. The van der Waals surface area contributed by atoms with Gasteiger partial charge in [0, 0.05) is 6.07 Å². The summed E-state index contributed by atoms with van der Waals surface area (Å²) >= 11 is 0. The van der Waals surface area contributed by atoms with Crippen molar-refractivity contribution in [2.75, 3.05) is 26.1 Å². The Morgan fingerprint density at radius 1 is 0.969 bits per heavy atom. The number of hydrogen-bond donors (Lipinski definition) is 1.